The van der Waals surface area contributed by atoms with Gasteiger partial charge in [0.15, 0.2) is 0 Å². The molecule has 0 aromatic carbocycles. The molecule has 0 amide bonds. The van der Waals surface area contributed by atoms with Crippen LogP contribution in [0.15, 0.2) is 0 Å². The van der Waals surface area contributed by atoms with E-state index in [2.05, 4.69) is 17.3 Å². The Hall–Kier alpha value is -0.870. The van der Waals surface area contributed by atoms with Crippen LogP contribution in [-0.2, 0) is 13.1 Å². The van der Waals surface area contributed by atoms with Crippen molar-refractivity contribution in [1.29, 1.82) is 0 Å². The third kappa shape index (κ3) is 3.32. The van der Waals surface area contributed by atoms with Gasteiger partial charge in [-0.25, -0.2) is 0 Å². The zero-order chi connectivity index (χ0) is 12.3. The average Bonchev–Trinajstić information content (AvgIpc) is 2.42. The van der Waals surface area contributed by atoms with E-state index in [0.29, 0.717) is 6.42 Å². The van der Waals surface area contributed by atoms with Gasteiger partial charge in [0, 0.05) is 24.3 Å². The molecule has 0 aliphatic rings. The van der Waals surface area contributed by atoms with Crippen LogP contribution in [0.3, 0.4) is 0 Å². The minimum Gasteiger partial charge on any atom is -0.390 e. The third-order valence-electron chi connectivity index (χ3n) is 2.82. The second-order valence-electron chi connectivity index (χ2n) is 4.97. The first-order chi connectivity index (χ1) is 7.35. The van der Waals surface area contributed by atoms with Crippen molar-refractivity contribution in [3.8, 4) is 0 Å². The van der Waals surface area contributed by atoms with Crippen LogP contribution in [0.2, 0.25) is 0 Å². The fourth-order valence-electron chi connectivity index (χ4n) is 1.76. The molecule has 0 saturated carbocycles. The summed E-state index contributed by atoms with van der Waals surface area (Å²) in [5, 5.41) is 17.3. The quantitative estimate of drug-likeness (QED) is 0.796. The van der Waals surface area contributed by atoms with Gasteiger partial charge in [-0.1, -0.05) is 0 Å². The van der Waals surface area contributed by atoms with Crippen LogP contribution in [0.4, 0.5) is 0 Å². The lowest BCUT2D eigenvalue weighted by Gasteiger charge is -2.17. The highest BCUT2D eigenvalue weighted by molar-refractivity contribution is 5.24. The van der Waals surface area contributed by atoms with Crippen LogP contribution in [0.25, 0.3) is 0 Å². The molecule has 2 N–H and O–H groups in total. The molecule has 1 rings (SSSR count). The van der Waals surface area contributed by atoms with Gasteiger partial charge >= 0.3 is 0 Å². The standard InChI is InChI=1S/C12H23N3O/c1-9-11(8-13-5)10(2)15(14-9)7-6-12(3,4)16/h13,16H,6-8H2,1-5H3. The molecular weight excluding hydrogens is 202 g/mol. The smallest absolute Gasteiger partial charge is 0.0641 e. The molecule has 16 heavy (non-hydrogen) atoms. The topological polar surface area (TPSA) is 50.1 Å². The van der Waals surface area contributed by atoms with Gasteiger partial charge in [-0.05, 0) is 41.2 Å². The summed E-state index contributed by atoms with van der Waals surface area (Å²) < 4.78 is 1.99. The Kier molecular flexibility index (Phi) is 4.10. The van der Waals surface area contributed by atoms with Crippen molar-refractivity contribution >= 4 is 0 Å². The van der Waals surface area contributed by atoms with Crippen molar-refractivity contribution in [2.45, 2.75) is 52.8 Å². The van der Waals surface area contributed by atoms with Crippen molar-refractivity contribution in [2.24, 2.45) is 0 Å². The van der Waals surface area contributed by atoms with E-state index < -0.39 is 5.60 Å². The summed E-state index contributed by atoms with van der Waals surface area (Å²) in [7, 11) is 1.94. The highest BCUT2D eigenvalue weighted by Gasteiger charge is 2.15. The van der Waals surface area contributed by atoms with Gasteiger partial charge in [-0.2, -0.15) is 5.10 Å². The van der Waals surface area contributed by atoms with E-state index >= 15 is 0 Å². The summed E-state index contributed by atoms with van der Waals surface area (Å²) in [6, 6.07) is 0. The summed E-state index contributed by atoms with van der Waals surface area (Å²) >= 11 is 0. The molecule has 0 spiro atoms. The second kappa shape index (κ2) is 4.97. The number of rotatable bonds is 5. The number of nitrogens with one attached hydrogen (secondary N) is 1. The molecule has 0 saturated heterocycles. The molecule has 0 atom stereocenters. The Morgan fingerprint density at radius 3 is 2.50 bits per heavy atom. The second-order valence-corrected chi connectivity index (χ2v) is 4.97. The van der Waals surface area contributed by atoms with E-state index in [1.165, 1.54) is 11.3 Å². The van der Waals surface area contributed by atoms with E-state index in [1.807, 2.05) is 32.5 Å². The van der Waals surface area contributed by atoms with Crippen molar-refractivity contribution in [3.05, 3.63) is 17.0 Å². The van der Waals surface area contributed by atoms with E-state index in [-0.39, 0.29) is 0 Å². The minimum atomic E-state index is -0.629. The van der Waals surface area contributed by atoms with Crippen LogP contribution in [0, 0.1) is 13.8 Å². The molecule has 0 aliphatic carbocycles. The Morgan fingerprint density at radius 2 is 2.00 bits per heavy atom. The molecule has 0 fully saturated rings. The molecular formula is C12H23N3O. The van der Waals surface area contributed by atoms with Crippen molar-refractivity contribution in [3.63, 3.8) is 0 Å². The SMILES string of the molecule is CNCc1c(C)nn(CCC(C)(C)O)c1C. The Balaban J connectivity index is 2.78. The van der Waals surface area contributed by atoms with Gasteiger partial charge in [0.2, 0.25) is 0 Å². The highest BCUT2D eigenvalue weighted by atomic mass is 16.3. The van der Waals surface area contributed by atoms with E-state index in [4.69, 9.17) is 0 Å². The zero-order valence-electron chi connectivity index (χ0n) is 11.0. The Labute approximate surface area is 97.7 Å². The van der Waals surface area contributed by atoms with Crippen LogP contribution < -0.4 is 5.32 Å². The van der Waals surface area contributed by atoms with Gasteiger partial charge in [-0.15, -0.1) is 0 Å². The summed E-state index contributed by atoms with van der Waals surface area (Å²) in [5.41, 5.74) is 2.90. The van der Waals surface area contributed by atoms with Gasteiger partial charge < -0.3 is 10.4 Å². The fraction of sp³-hybridized carbons (Fsp3) is 0.750. The Bertz CT molecular complexity index is 350. The molecule has 0 bridgehead atoms. The maximum Gasteiger partial charge on any atom is 0.0641 e. The predicted octanol–water partition coefficient (Wildman–Crippen LogP) is 1.38. The summed E-state index contributed by atoms with van der Waals surface area (Å²) in [6.07, 6.45) is 0.716. The number of aryl methyl sites for hydroxylation is 2. The highest BCUT2D eigenvalue weighted by Crippen LogP contribution is 2.15. The first kappa shape index (κ1) is 13.2. The van der Waals surface area contributed by atoms with Crippen LogP contribution in [-0.4, -0.2) is 27.5 Å². The molecule has 4 heteroatoms. The fourth-order valence-corrected chi connectivity index (χ4v) is 1.76. The molecule has 1 aromatic rings. The maximum absolute atomic E-state index is 9.70. The maximum atomic E-state index is 9.70. The van der Waals surface area contributed by atoms with Crippen molar-refractivity contribution < 1.29 is 5.11 Å². The molecule has 0 radical (unpaired) electrons. The number of aromatic nitrogens is 2. The van der Waals surface area contributed by atoms with Crippen molar-refractivity contribution in [2.75, 3.05) is 7.05 Å². The number of hydrogen-bond donors (Lipinski definition) is 2. The Morgan fingerprint density at radius 1 is 1.38 bits per heavy atom. The minimum absolute atomic E-state index is 0.629. The summed E-state index contributed by atoms with van der Waals surface area (Å²) in [6.45, 7) is 9.37. The first-order valence-electron chi connectivity index (χ1n) is 5.75. The average molecular weight is 225 g/mol. The van der Waals surface area contributed by atoms with Crippen molar-refractivity contribution in [1.82, 2.24) is 15.1 Å². The monoisotopic (exact) mass is 225 g/mol. The van der Waals surface area contributed by atoms with Gasteiger partial charge in [0.1, 0.15) is 0 Å². The van der Waals surface area contributed by atoms with Gasteiger partial charge in [-0.3, -0.25) is 4.68 Å². The zero-order valence-corrected chi connectivity index (χ0v) is 11.0. The summed E-state index contributed by atoms with van der Waals surface area (Å²) in [5.74, 6) is 0. The molecule has 92 valence electrons. The lowest BCUT2D eigenvalue weighted by molar-refractivity contribution is 0.0649. The molecule has 0 unspecified atom stereocenters. The molecule has 4 nitrogen and oxygen atoms in total. The third-order valence-corrected chi connectivity index (χ3v) is 2.82. The molecule has 1 heterocycles. The molecule has 1 aromatic heterocycles. The van der Waals surface area contributed by atoms with Crippen LogP contribution >= 0.6 is 0 Å². The normalized spacial score (nSPS) is 12.1. The number of hydrogen-bond acceptors (Lipinski definition) is 3. The van der Waals surface area contributed by atoms with Crippen LogP contribution in [0.5, 0.6) is 0 Å². The van der Waals surface area contributed by atoms with Gasteiger partial charge in [0.25, 0.3) is 0 Å². The summed E-state index contributed by atoms with van der Waals surface area (Å²) in [4.78, 5) is 0. The van der Waals surface area contributed by atoms with E-state index in [1.54, 1.807) is 0 Å². The largest absolute Gasteiger partial charge is 0.390 e. The first-order valence-corrected chi connectivity index (χ1v) is 5.75. The number of aliphatic hydroxyl groups is 1. The predicted molar refractivity (Wildman–Crippen MR) is 65.4 cm³/mol. The van der Waals surface area contributed by atoms with E-state index in [9.17, 15) is 5.11 Å². The lowest BCUT2D eigenvalue weighted by Crippen LogP contribution is -2.21. The lowest BCUT2D eigenvalue weighted by atomic mass is 10.1. The molecule has 0 aliphatic heterocycles. The van der Waals surface area contributed by atoms with Gasteiger partial charge in [0.05, 0.1) is 11.3 Å². The number of nitrogens with zero attached hydrogens (tertiary/aromatic N) is 2. The van der Waals surface area contributed by atoms with E-state index in [0.717, 1.165) is 18.8 Å². The van der Waals surface area contributed by atoms with Crippen LogP contribution in [0.1, 0.15) is 37.2 Å².